The third-order valence-corrected chi connectivity index (χ3v) is 3.15. The largest absolute Gasteiger partial charge is 0.370 e. The van der Waals surface area contributed by atoms with Gasteiger partial charge in [-0.2, -0.15) is 0 Å². The quantitative estimate of drug-likeness (QED) is 0.785. The van der Waals surface area contributed by atoms with Gasteiger partial charge < -0.3 is 11.1 Å². The molecule has 0 saturated heterocycles. The van der Waals surface area contributed by atoms with Crippen molar-refractivity contribution in [3.05, 3.63) is 48.0 Å². The summed E-state index contributed by atoms with van der Waals surface area (Å²) in [5, 5.41) is 5.03. The van der Waals surface area contributed by atoms with Gasteiger partial charge in [-0.25, -0.2) is 0 Å². The second kappa shape index (κ2) is 6.70. The molecule has 2 rings (SSSR count). The first-order valence-electron chi connectivity index (χ1n) is 6.68. The number of fused-ring (bicyclic) bond motifs is 1. The van der Waals surface area contributed by atoms with Gasteiger partial charge in [0.05, 0.1) is 6.42 Å². The number of carbonyl (C=O) groups excluding carboxylic acids is 2. The van der Waals surface area contributed by atoms with Crippen LogP contribution in [0.3, 0.4) is 0 Å². The summed E-state index contributed by atoms with van der Waals surface area (Å²) < 4.78 is 0. The maximum atomic E-state index is 11.9. The van der Waals surface area contributed by atoms with Crippen molar-refractivity contribution in [2.24, 2.45) is 5.73 Å². The van der Waals surface area contributed by atoms with E-state index in [9.17, 15) is 9.59 Å². The van der Waals surface area contributed by atoms with E-state index in [0.717, 1.165) is 16.3 Å². The number of carbonyl (C=O) groups is 2. The van der Waals surface area contributed by atoms with E-state index in [1.165, 1.54) is 0 Å². The van der Waals surface area contributed by atoms with Crippen LogP contribution in [-0.2, 0) is 16.0 Å². The zero-order chi connectivity index (χ0) is 14.4. The molecule has 2 aromatic carbocycles. The summed E-state index contributed by atoms with van der Waals surface area (Å²) in [6.45, 7) is 0.479. The smallest absolute Gasteiger partial charge is 0.224 e. The molecule has 0 radical (unpaired) electrons. The van der Waals surface area contributed by atoms with Gasteiger partial charge >= 0.3 is 0 Å². The van der Waals surface area contributed by atoms with Crippen molar-refractivity contribution in [2.45, 2.75) is 19.3 Å². The van der Waals surface area contributed by atoms with Crippen molar-refractivity contribution < 1.29 is 9.59 Å². The van der Waals surface area contributed by atoms with Crippen LogP contribution in [-0.4, -0.2) is 18.4 Å². The van der Waals surface area contributed by atoms with Crippen LogP contribution in [0.15, 0.2) is 42.5 Å². The summed E-state index contributed by atoms with van der Waals surface area (Å²) in [7, 11) is 0. The summed E-state index contributed by atoms with van der Waals surface area (Å²) in [6.07, 6.45) is 1.23. The Labute approximate surface area is 118 Å². The summed E-state index contributed by atoms with van der Waals surface area (Å²) in [5.41, 5.74) is 6.05. The van der Waals surface area contributed by atoms with Crippen molar-refractivity contribution in [1.82, 2.24) is 5.32 Å². The Morgan fingerprint density at radius 1 is 1.05 bits per heavy atom. The van der Waals surface area contributed by atoms with Gasteiger partial charge in [0.15, 0.2) is 0 Å². The highest BCUT2D eigenvalue weighted by Gasteiger charge is 2.06. The first-order valence-corrected chi connectivity index (χ1v) is 6.68. The lowest BCUT2D eigenvalue weighted by molar-refractivity contribution is -0.121. The zero-order valence-electron chi connectivity index (χ0n) is 11.3. The van der Waals surface area contributed by atoms with E-state index in [1.54, 1.807) is 0 Å². The minimum absolute atomic E-state index is 0.0363. The number of rotatable bonds is 6. The lowest BCUT2D eigenvalue weighted by atomic mass is 10.0. The van der Waals surface area contributed by atoms with Crippen molar-refractivity contribution in [3.8, 4) is 0 Å². The van der Waals surface area contributed by atoms with Gasteiger partial charge in [-0.05, 0) is 22.8 Å². The minimum atomic E-state index is -0.340. The molecule has 0 fully saturated rings. The van der Waals surface area contributed by atoms with E-state index in [-0.39, 0.29) is 11.8 Å². The van der Waals surface area contributed by atoms with Crippen LogP contribution < -0.4 is 11.1 Å². The molecule has 0 aromatic heterocycles. The average molecular weight is 270 g/mol. The van der Waals surface area contributed by atoms with E-state index < -0.39 is 0 Å². The van der Waals surface area contributed by atoms with Gasteiger partial charge in [-0.3, -0.25) is 9.59 Å². The highest BCUT2D eigenvalue weighted by molar-refractivity contribution is 5.90. The summed E-state index contributed by atoms with van der Waals surface area (Å²) in [6, 6.07) is 14.0. The van der Waals surface area contributed by atoms with E-state index in [4.69, 9.17) is 5.73 Å². The molecule has 4 nitrogen and oxygen atoms in total. The molecule has 2 amide bonds. The molecule has 0 saturated carbocycles. The molecule has 3 N–H and O–H groups in total. The fraction of sp³-hybridized carbons (Fsp3) is 0.250. The molecule has 4 heteroatoms. The highest BCUT2D eigenvalue weighted by atomic mass is 16.2. The van der Waals surface area contributed by atoms with Gasteiger partial charge in [-0.1, -0.05) is 42.5 Å². The molecule has 0 bridgehead atoms. The number of nitrogens with one attached hydrogen (secondary N) is 1. The van der Waals surface area contributed by atoms with Gasteiger partial charge in [0.2, 0.25) is 11.8 Å². The number of hydrogen-bond donors (Lipinski definition) is 2. The minimum Gasteiger partial charge on any atom is -0.370 e. The fourth-order valence-corrected chi connectivity index (χ4v) is 2.17. The predicted molar refractivity (Wildman–Crippen MR) is 79.1 cm³/mol. The van der Waals surface area contributed by atoms with Gasteiger partial charge in [0.1, 0.15) is 0 Å². The SMILES string of the molecule is NC(=O)CCCNC(=O)Cc1cccc2ccccc12. The monoisotopic (exact) mass is 270 g/mol. The Morgan fingerprint density at radius 2 is 1.80 bits per heavy atom. The second-order valence-electron chi connectivity index (χ2n) is 4.73. The third kappa shape index (κ3) is 3.82. The van der Waals surface area contributed by atoms with E-state index >= 15 is 0 Å². The molecule has 104 valence electrons. The third-order valence-electron chi connectivity index (χ3n) is 3.15. The highest BCUT2D eigenvalue weighted by Crippen LogP contribution is 2.18. The fourth-order valence-electron chi connectivity index (χ4n) is 2.17. The number of amides is 2. The molecule has 0 unspecified atom stereocenters. The lowest BCUT2D eigenvalue weighted by Gasteiger charge is -2.07. The molecule has 0 aliphatic heterocycles. The maximum absolute atomic E-state index is 11.9. The maximum Gasteiger partial charge on any atom is 0.224 e. The molecule has 0 heterocycles. The number of primary amides is 1. The van der Waals surface area contributed by atoms with Crippen LogP contribution in [0.4, 0.5) is 0 Å². The lowest BCUT2D eigenvalue weighted by Crippen LogP contribution is -2.27. The first-order chi connectivity index (χ1) is 9.66. The first kappa shape index (κ1) is 14.1. The molecular weight excluding hydrogens is 252 g/mol. The standard InChI is InChI=1S/C16H18N2O2/c17-15(19)9-4-10-18-16(20)11-13-7-3-6-12-5-1-2-8-14(12)13/h1-3,5-8H,4,9-11H2,(H2,17,19)(H,18,20). The van der Waals surface area contributed by atoms with Crippen molar-refractivity contribution in [2.75, 3.05) is 6.54 Å². The molecule has 2 aromatic rings. The summed E-state index contributed by atoms with van der Waals surface area (Å²) in [4.78, 5) is 22.5. The van der Waals surface area contributed by atoms with Crippen molar-refractivity contribution in [3.63, 3.8) is 0 Å². The van der Waals surface area contributed by atoms with E-state index in [1.807, 2.05) is 42.5 Å². The number of nitrogens with two attached hydrogens (primary N) is 1. The topological polar surface area (TPSA) is 72.2 Å². The Morgan fingerprint density at radius 3 is 2.60 bits per heavy atom. The van der Waals surface area contributed by atoms with Crippen molar-refractivity contribution in [1.29, 1.82) is 0 Å². The van der Waals surface area contributed by atoms with Crippen molar-refractivity contribution >= 4 is 22.6 Å². The second-order valence-corrected chi connectivity index (χ2v) is 4.73. The van der Waals surface area contributed by atoms with Crippen LogP contribution in [0, 0.1) is 0 Å². The van der Waals surface area contributed by atoms with Gasteiger partial charge in [-0.15, -0.1) is 0 Å². The van der Waals surface area contributed by atoms with Gasteiger partial charge in [0.25, 0.3) is 0 Å². The molecule has 0 aliphatic rings. The van der Waals surface area contributed by atoms with Crippen LogP contribution in [0.2, 0.25) is 0 Å². The summed E-state index contributed by atoms with van der Waals surface area (Å²) in [5.74, 6) is -0.376. The van der Waals surface area contributed by atoms with E-state index in [2.05, 4.69) is 5.32 Å². The number of benzene rings is 2. The Kier molecular flexibility index (Phi) is 4.71. The molecule has 0 atom stereocenters. The Hall–Kier alpha value is -2.36. The zero-order valence-corrected chi connectivity index (χ0v) is 11.3. The number of hydrogen-bond acceptors (Lipinski definition) is 2. The predicted octanol–water partition coefficient (Wildman–Crippen LogP) is 1.76. The molecule has 0 spiro atoms. The average Bonchev–Trinajstić information content (AvgIpc) is 2.44. The van der Waals surface area contributed by atoms with Crippen LogP contribution in [0.5, 0.6) is 0 Å². The van der Waals surface area contributed by atoms with Gasteiger partial charge in [0, 0.05) is 13.0 Å². The van der Waals surface area contributed by atoms with Crippen LogP contribution in [0.1, 0.15) is 18.4 Å². The normalized spacial score (nSPS) is 10.4. The Balaban J connectivity index is 1.94. The molecular formula is C16H18N2O2. The van der Waals surface area contributed by atoms with Crippen LogP contribution in [0.25, 0.3) is 10.8 Å². The molecule has 20 heavy (non-hydrogen) atoms. The summed E-state index contributed by atoms with van der Waals surface area (Å²) >= 11 is 0. The molecule has 0 aliphatic carbocycles. The Bertz CT molecular complexity index is 617. The van der Waals surface area contributed by atoms with E-state index in [0.29, 0.717) is 25.8 Å². The van der Waals surface area contributed by atoms with Crippen LogP contribution >= 0.6 is 0 Å².